The molecule has 128 valence electrons. The first kappa shape index (κ1) is 17.6. The Kier molecular flexibility index (Phi) is 5.87. The number of halogens is 3. The van der Waals surface area contributed by atoms with Crippen molar-refractivity contribution in [2.45, 2.75) is 38.0 Å². The molecule has 1 aliphatic heterocycles. The van der Waals surface area contributed by atoms with Gasteiger partial charge in [0.1, 0.15) is 6.54 Å². The van der Waals surface area contributed by atoms with Crippen LogP contribution in [0.3, 0.4) is 0 Å². The molecule has 2 rings (SSSR count). The van der Waals surface area contributed by atoms with E-state index in [1.54, 1.807) is 6.92 Å². The summed E-state index contributed by atoms with van der Waals surface area (Å²) < 4.78 is 36.6. The zero-order valence-electron chi connectivity index (χ0n) is 13.1. The van der Waals surface area contributed by atoms with Gasteiger partial charge in [0.2, 0.25) is 5.91 Å². The van der Waals surface area contributed by atoms with Crippen LogP contribution >= 0.6 is 0 Å². The molecule has 1 amide bonds. The van der Waals surface area contributed by atoms with Gasteiger partial charge in [0.25, 0.3) is 0 Å². The summed E-state index contributed by atoms with van der Waals surface area (Å²) in [6, 6.07) is 9.37. The van der Waals surface area contributed by atoms with Crippen molar-refractivity contribution in [3.05, 3.63) is 30.3 Å². The minimum Gasteiger partial charge on any atom is -0.381 e. The molecular weight excluding hydrogens is 307 g/mol. The maximum atomic E-state index is 12.2. The van der Waals surface area contributed by atoms with Gasteiger partial charge in [0.15, 0.2) is 0 Å². The van der Waals surface area contributed by atoms with E-state index >= 15 is 0 Å². The minimum atomic E-state index is -4.38. The van der Waals surface area contributed by atoms with Crippen LogP contribution in [0.15, 0.2) is 30.3 Å². The molecule has 7 heteroatoms. The first-order chi connectivity index (χ1) is 10.8. The van der Waals surface area contributed by atoms with Crippen LogP contribution in [-0.2, 0) is 4.79 Å². The van der Waals surface area contributed by atoms with Crippen molar-refractivity contribution in [1.29, 1.82) is 0 Å². The fourth-order valence-corrected chi connectivity index (χ4v) is 2.75. The van der Waals surface area contributed by atoms with Gasteiger partial charge in [0.05, 0.1) is 6.04 Å². The molecule has 0 aromatic heterocycles. The molecule has 1 aromatic carbocycles. The SMILES string of the molecule is C[C@H](C(=O)NCC(F)(F)F)N1CCC[C@H](Nc2ccccc2)C1. The third-order valence-corrected chi connectivity index (χ3v) is 3.99. The van der Waals surface area contributed by atoms with Crippen LogP contribution in [0.4, 0.5) is 18.9 Å². The average Bonchev–Trinajstić information content (AvgIpc) is 2.52. The lowest BCUT2D eigenvalue weighted by atomic mass is 10.0. The fourth-order valence-electron chi connectivity index (χ4n) is 2.75. The lowest BCUT2D eigenvalue weighted by Gasteiger charge is -2.36. The summed E-state index contributed by atoms with van der Waals surface area (Å²) in [6.45, 7) is 1.72. The van der Waals surface area contributed by atoms with E-state index in [9.17, 15) is 18.0 Å². The summed E-state index contributed by atoms with van der Waals surface area (Å²) in [5.74, 6) is -0.581. The number of nitrogens with zero attached hydrogens (tertiary/aromatic N) is 1. The molecule has 1 aliphatic rings. The van der Waals surface area contributed by atoms with E-state index in [0.717, 1.165) is 18.5 Å². The maximum absolute atomic E-state index is 12.2. The Morgan fingerprint density at radius 3 is 2.70 bits per heavy atom. The van der Waals surface area contributed by atoms with Gasteiger partial charge in [-0.1, -0.05) is 18.2 Å². The Morgan fingerprint density at radius 2 is 2.04 bits per heavy atom. The molecule has 0 radical (unpaired) electrons. The minimum absolute atomic E-state index is 0.184. The Hall–Kier alpha value is -1.76. The van der Waals surface area contributed by atoms with E-state index in [2.05, 4.69) is 5.32 Å². The van der Waals surface area contributed by atoms with E-state index in [-0.39, 0.29) is 6.04 Å². The number of benzene rings is 1. The number of hydrogen-bond donors (Lipinski definition) is 2. The molecule has 0 spiro atoms. The normalized spacial score (nSPS) is 20.8. The van der Waals surface area contributed by atoms with Crippen LogP contribution in [0, 0.1) is 0 Å². The number of likely N-dealkylation sites (tertiary alicyclic amines) is 1. The number of carbonyl (C=O) groups is 1. The van der Waals surface area contributed by atoms with Gasteiger partial charge in [-0.15, -0.1) is 0 Å². The number of carbonyl (C=O) groups excluding carboxylic acids is 1. The maximum Gasteiger partial charge on any atom is 0.405 e. The number of para-hydroxylation sites is 1. The van der Waals surface area contributed by atoms with Crippen molar-refractivity contribution in [1.82, 2.24) is 10.2 Å². The van der Waals surface area contributed by atoms with Crippen molar-refractivity contribution in [2.24, 2.45) is 0 Å². The molecule has 2 N–H and O–H groups in total. The molecule has 0 bridgehead atoms. The quantitative estimate of drug-likeness (QED) is 0.873. The highest BCUT2D eigenvalue weighted by Crippen LogP contribution is 2.18. The summed E-state index contributed by atoms with van der Waals surface area (Å²) >= 11 is 0. The zero-order valence-corrected chi connectivity index (χ0v) is 13.1. The third kappa shape index (κ3) is 5.74. The van der Waals surface area contributed by atoms with Crippen molar-refractivity contribution in [3.8, 4) is 0 Å². The standard InChI is InChI=1S/C16H22F3N3O/c1-12(15(23)20-11-16(17,18)19)22-9-5-8-14(10-22)21-13-6-3-2-4-7-13/h2-4,6-7,12,14,21H,5,8-11H2,1H3,(H,20,23)/t12-,14+/m1/s1. The summed E-state index contributed by atoms with van der Waals surface area (Å²) in [6.07, 6.45) is -2.50. The fraction of sp³-hybridized carbons (Fsp3) is 0.562. The highest BCUT2D eigenvalue weighted by Gasteiger charge is 2.31. The molecular formula is C16H22F3N3O. The van der Waals surface area contributed by atoms with E-state index in [0.29, 0.717) is 13.1 Å². The van der Waals surface area contributed by atoms with Crippen molar-refractivity contribution in [2.75, 3.05) is 25.0 Å². The second-order valence-electron chi connectivity index (χ2n) is 5.85. The lowest BCUT2D eigenvalue weighted by molar-refractivity contribution is -0.141. The monoisotopic (exact) mass is 329 g/mol. The van der Waals surface area contributed by atoms with Gasteiger partial charge >= 0.3 is 6.18 Å². The summed E-state index contributed by atoms with van der Waals surface area (Å²) in [7, 11) is 0. The number of piperidine rings is 1. The number of amides is 1. The molecule has 0 aliphatic carbocycles. The third-order valence-electron chi connectivity index (χ3n) is 3.99. The van der Waals surface area contributed by atoms with Gasteiger partial charge in [-0.05, 0) is 38.4 Å². The van der Waals surface area contributed by atoms with Crippen molar-refractivity contribution >= 4 is 11.6 Å². The van der Waals surface area contributed by atoms with Gasteiger partial charge < -0.3 is 10.6 Å². The average molecular weight is 329 g/mol. The number of nitrogens with one attached hydrogen (secondary N) is 2. The Bertz CT molecular complexity index is 507. The van der Waals surface area contributed by atoms with E-state index < -0.39 is 24.7 Å². The highest BCUT2D eigenvalue weighted by molar-refractivity contribution is 5.81. The van der Waals surface area contributed by atoms with Crippen LogP contribution in [0.5, 0.6) is 0 Å². The second kappa shape index (κ2) is 7.68. The van der Waals surface area contributed by atoms with Gasteiger partial charge in [-0.25, -0.2) is 0 Å². The number of rotatable bonds is 5. The van der Waals surface area contributed by atoms with E-state index in [1.807, 2.05) is 40.5 Å². The van der Waals surface area contributed by atoms with E-state index in [1.165, 1.54) is 0 Å². The molecule has 4 nitrogen and oxygen atoms in total. The molecule has 23 heavy (non-hydrogen) atoms. The topological polar surface area (TPSA) is 44.4 Å². The molecule has 1 fully saturated rings. The number of anilines is 1. The largest absolute Gasteiger partial charge is 0.405 e. The molecule has 2 atom stereocenters. The second-order valence-corrected chi connectivity index (χ2v) is 5.85. The molecule has 0 unspecified atom stereocenters. The molecule has 1 heterocycles. The number of alkyl halides is 3. The van der Waals surface area contributed by atoms with Crippen LogP contribution < -0.4 is 10.6 Å². The molecule has 1 aromatic rings. The zero-order chi connectivity index (χ0) is 16.9. The van der Waals surface area contributed by atoms with Crippen LogP contribution in [-0.4, -0.2) is 48.7 Å². The Labute approximate surface area is 134 Å². The lowest BCUT2D eigenvalue weighted by Crippen LogP contribution is -2.52. The number of hydrogen-bond acceptors (Lipinski definition) is 3. The van der Waals surface area contributed by atoms with Gasteiger partial charge in [-0.3, -0.25) is 9.69 Å². The Morgan fingerprint density at radius 1 is 1.35 bits per heavy atom. The van der Waals surface area contributed by atoms with Crippen LogP contribution in [0.1, 0.15) is 19.8 Å². The van der Waals surface area contributed by atoms with Gasteiger partial charge in [-0.2, -0.15) is 13.2 Å². The van der Waals surface area contributed by atoms with E-state index in [4.69, 9.17) is 0 Å². The molecule has 1 saturated heterocycles. The Balaban J connectivity index is 1.86. The smallest absolute Gasteiger partial charge is 0.381 e. The van der Waals surface area contributed by atoms with Gasteiger partial charge in [0, 0.05) is 18.3 Å². The summed E-state index contributed by atoms with van der Waals surface area (Å²) in [5, 5.41) is 5.37. The van der Waals surface area contributed by atoms with Crippen LogP contribution in [0.25, 0.3) is 0 Å². The summed E-state index contributed by atoms with van der Waals surface area (Å²) in [4.78, 5) is 13.8. The first-order valence-electron chi connectivity index (χ1n) is 7.75. The molecule has 0 saturated carbocycles. The van der Waals surface area contributed by atoms with Crippen LogP contribution in [0.2, 0.25) is 0 Å². The predicted octanol–water partition coefficient (Wildman–Crippen LogP) is 2.63. The van der Waals surface area contributed by atoms with Crippen molar-refractivity contribution in [3.63, 3.8) is 0 Å². The predicted molar refractivity (Wildman–Crippen MR) is 83.2 cm³/mol. The first-order valence-corrected chi connectivity index (χ1v) is 7.75. The highest BCUT2D eigenvalue weighted by atomic mass is 19.4. The van der Waals surface area contributed by atoms with Crippen molar-refractivity contribution < 1.29 is 18.0 Å². The summed E-state index contributed by atoms with van der Waals surface area (Å²) in [5.41, 5.74) is 1.01.